The van der Waals surface area contributed by atoms with Crippen molar-refractivity contribution < 1.29 is 9.53 Å². The number of hydrogen-bond acceptors (Lipinski definition) is 3. The van der Waals surface area contributed by atoms with Gasteiger partial charge in [0.2, 0.25) is 5.91 Å². The van der Waals surface area contributed by atoms with Gasteiger partial charge in [-0.15, -0.1) is 0 Å². The van der Waals surface area contributed by atoms with Gasteiger partial charge in [0, 0.05) is 31.9 Å². The number of aryl methyl sites for hydroxylation is 1. The molecule has 1 aromatic heterocycles. The smallest absolute Gasteiger partial charge is 0.250 e. The molecule has 1 atom stereocenters. The molecule has 2 aliphatic rings. The van der Waals surface area contributed by atoms with Crippen LogP contribution in [0.2, 0.25) is 0 Å². The number of ether oxygens (including phenoxy) is 1. The topological polar surface area (TPSA) is 56.2 Å². The van der Waals surface area contributed by atoms with Crippen molar-refractivity contribution in [2.24, 2.45) is 5.92 Å². The Hall–Kier alpha value is -1.78. The van der Waals surface area contributed by atoms with Crippen molar-refractivity contribution in [1.29, 1.82) is 0 Å². The Morgan fingerprint density at radius 3 is 3.37 bits per heavy atom. The number of fused-ring (bicyclic) bond motifs is 1. The SMILES string of the molecule is O=C(NC[C@@H]1CCn2ccnc2C1)C1=COCCC1. The lowest BCUT2D eigenvalue weighted by Crippen LogP contribution is -2.34. The molecule has 3 rings (SSSR count). The third kappa shape index (κ3) is 2.80. The third-order valence-electron chi connectivity index (χ3n) is 3.83. The summed E-state index contributed by atoms with van der Waals surface area (Å²) in [5.41, 5.74) is 0.767. The van der Waals surface area contributed by atoms with Crippen molar-refractivity contribution in [3.63, 3.8) is 0 Å². The van der Waals surface area contributed by atoms with Gasteiger partial charge in [-0.25, -0.2) is 4.98 Å². The fourth-order valence-corrected chi connectivity index (χ4v) is 2.67. The van der Waals surface area contributed by atoms with E-state index in [9.17, 15) is 4.79 Å². The molecule has 0 aromatic carbocycles. The molecule has 0 saturated heterocycles. The minimum Gasteiger partial charge on any atom is -0.501 e. The number of imidazole rings is 1. The summed E-state index contributed by atoms with van der Waals surface area (Å²) in [7, 11) is 0. The zero-order valence-corrected chi connectivity index (χ0v) is 11.0. The highest BCUT2D eigenvalue weighted by Gasteiger charge is 2.20. The van der Waals surface area contributed by atoms with E-state index in [1.807, 2.05) is 12.4 Å². The lowest BCUT2D eigenvalue weighted by molar-refractivity contribution is -0.118. The van der Waals surface area contributed by atoms with Gasteiger partial charge in [-0.2, -0.15) is 0 Å². The summed E-state index contributed by atoms with van der Waals surface area (Å²) in [6.07, 6.45) is 9.27. The van der Waals surface area contributed by atoms with Gasteiger partial charge in [0.1, 0.15) is 5.82 Å². The van der Waals surface area contributed by atoms with Crippen molar-refractivity contribution in [2.75, 3.05) is 13.2 Å². The van der Waals surface area contributed by atoms with Crippen LogP contribution in [0.15, 0.2) is 24.2 Å². The second-order valence-corrected chi connectivity index (χ2v) is 5.22. The van der Waals surface area contributed by atoms with Crippen LogP contribution in [0.3, 0.4) is 0 Å². The van der Waals surface area contributed by atoms with Crippen molar-refractivity contribution in [3.8, 4) is 0 Å². The quantitative estimate of drug-likeness (QED) is 0.891. The van der Waals surface area contributed by atoms with Gasteiger partial charge in [0.25, 0.3) is 0 Å². The highest BCUT2D eigenvalue weighted by atomic mass is 16.5. The predicted octanol–water partition coefficient (Wildman–Crippen LogP) is 1.26. The maximum Gasteiger partial charge on any atom is 0.250 e. The number of hydrogen-bond donors (Lipinski definition) is 1. The number of nitrogens with zero attached hydrogens (tertiary/aromatic N) is 2. The fourth-order valence-electron chi connectivity index (χ4n) is 2.67. The molecule has 0 radical (unpaired) electrons. The number of carbonyl (C=O) groups is 1. The Morgan fingerprint density at radius 2 is 2.53 bits per heavy atom. The standard InChI is InChI=1S/C14H19N3O2/c18-14(12-2-1-7-19-10-12)16-9-11-3-5-17-6-4-15-13(17)8-11/h4,6,10-11H,1-3,5,7-9H2,(H,16,18)/t11-/m1/s1. The molecule has 0 spiro atoms. The first-order valence-electron chi connectivity index (χ1n) is 6.92. The zero-order valence-electron chi connectivity index (χ0n) is 11.0. The molecule has 0 aliphatic carbocycles. The van der Waals surface area contributed by atoms with E-state index in [0.29, 0.717) is 5.92 Å². The largest absolute Gasteiger partial charge is 0.501 e. The lowest BCUT2D eigenvalue weighted by atomic mass is 9.97. The summed E-state index contributed by atoms with van der Waals surface area (Å²) in [6.45, 7) is 2.45. The molecule has 1 N–H and O–H groups in total. The van der Waals surface area contributed by atoms with Gasteiger partial charge in [-0.3, -0.25) is 4.79 Å². The van der Waals surface area contributed by atoms with E-state index in [1.54, 1.807) is 6.26 Å². The average Bonchev–Trinajstić information content (AvgIpc) is 2.93. The predicted molar refractivity (Wildman–Crippen MR) is 70.3 cm³/mol. The van der Waals surface area contributed by atoms with E-state index >= 15 is 0 Å². The molecule has 102 valence electrons. The van der Waals surface area contributed by atoms with Crippen LogP contribution >= 0.6 is 0 Å². The molecule has 0 fully saturated rings. The Balaban J connectivity index is 1.50. The zero-order chi connectivity index (χ0) is 13.1. The summed E-state index contributed by atoms with van der Waals surface area (Å²) in [6, 6.07) is 0. The third-order valence-corrected chi connectivity index (χ3v) is 3.83. The summed E-state index contributed by atoms with van der Waals surface area (Å²) < 4.78 is 7.39. The van der Waals surface area contributed by atoms with E-state index in [2.05, 4.69) is 14.9 Å². The Kier molecular flexibility index (Phi) is 3.53. The first kappa shape index (κ1) is 12.3. The molecule has 2 aliphatic heterocycles. The van der Waals surface area contributed by atoms with Crippen LogP contribution in [-0.2, 0) is 22.5 Å². The highest BCUT2D eigenvalue weighted by molar-refractivity contribution is 5.93. The molecule has 0 bridgehead atoms. The van der Waals surface area contributed by atoms with Crippen LogP contribution < -0.4 is 5.32 Å². The van der Waals surface area contributed by atoms with E-state index in [4.69, 9.17) is 4.74 Å². The summed E-state index contributed by atoms with van der Waals surface area (Å²) in [5, 5.41) is 3.02. The second kappa shape index (κ2) is 5.47. The highest BCUT2D eigenvalue weighted by Crippen LogP contribution is 2.18. The Labute approximate surface area is 112 Å². The minimum absolute atomic E-state index is 0.0219. The lowest BCUT2D eigenvalue weighted by Gasteiger charge is -2.24. The molecular formula is C14H19N3O2. The molecular weight excluding hydrogens is 242 g/mol. The monoisotopic (exact) mass is 261 g/mol. The second-order valence-electron chi connectivity index (χ2n) is 5.22. The first-order valence-corrected chi connectivity index (χ1v) is 6.92. The van der Waals surface area contributed by atoms with Crippen molar-refractivity contribution >= 4 is 5.91 Å². The van der Waals surface area contributed by atoms with E-state index < -0.39 is 0 Å². The maximum absolute atomic E-state index is 12.0. The van der Waals surface area contributed by atoms with Crippen LogP contribution in [0.4, 0.5) is 0 Å². The average molecular weight is 261 g/mol. The molecule has 1 aromatic rings. The number of amides is 1. The van der Waals surface area contributed by atoms with Gasteiger partial charge in [0.15, 0.2) is 0 Å². The minimum atomic E-state index is 0.0219. The number of carbonyl (C=O) groups excluding carboxylic acids is 1. The van der Waals surface area contributed by atoms with Crippen molar-refractivity contribution in [2.45, 2.75) is 32.2 Å². The Bertz CT molecular complexity index is 493. The molecule has 0 unspecified atom stereocenters. The van der Waals surface area contributed by atoms with Crippen LogP contribution in [0, 0.1) is 5.92 Å². The van der Waals surface area contributed by atoms with Crippen molar-refractivity contribution in [3.05, 3.63) is 30.1 Å². The molecule has 19 heavy (non-hydrogen) atoms. The molecule has 5 heteroatoms. The normalized spacial score (nSPS) is 22.1. The van der Waals surface area contributed by atoms with Gasteiger partial charge < -0.3 is 14.6 Å². The summed E-state index contributed by atoms with van der Waals surface area (Å²) in [4.78, 5) is 16.3. The Morgan fingerprint density at radius 1 is 1.58 bits per heavy atom. The number of aromatic nitrogens is 2. The van der Waals surface area contributed by atoms with Gasteiger partial charge in [0.05, 0.1) is 18.4 Å². The van der Waals surface area contributed by atoms with Gasteiger partial charge in [-0.05, 0) is 25.2 Å². The van der Waals surface area contributed by atoms with E-state index in [-0.39, 0.29) is 5.91 Å². The van der Waals surface area contributed by atoms with E-state index in [0.717, 1.165) is 56.8 Å². The van der Waals surface area contributed by atoms with Gasteiger partial charge in [-0.1, -0.05) is 0 Å². The summed E-state index contributed by atoms with van der Waals surface area (Å²) in [5.74, 6) is 1.64. The maximum atomic E-state index is 12.0. The molecule has 5 nitrogen and oxygen atoms in total. The fraction of sp³-hybridized carbons (Fsp3) is 0.571. The van der Waals surface area contributed by atoms with Crippen molar-refractivity contribution in [1.82, 2.24) is 14.9 Å². The molecule has 3 heterocycles. The molecule has 1 amide bonds. The number of nitrogens with one attached hydrogen (secondary N) is 1. The van der Waals surface area contributed by atoms with E-state index in [1.165, 1.54) is 0 Å². The number of rotatable bonds is 3. The first-order chi connectivity index (χ1) is 9.33. The van der Waals surface area contributed by atoms with Crippen LogP contribution in [0.5, 0.6) is 0 Å². The summed E-state index contributed by atoms with van der Waals surface area (Å²) >= 11 is 0. The van der Waals surface area contributed by atoms with Crippen LogP contribution in [0.1, 0.15) is 25.1 Å². The van der Waals surface area contributed by atoms with Crippen LogP contribution in [0.25, 0.3) is 0 Å². The van der Waals surface area contributed by atoms with Crippen LogP contribution in [-0.4, -0.2) is 28.6 Å². The van der Waals surface area contributed by atoms with Gasteiger partial charge >= 0.3 is 0 Å². The molecule has 0 saturated carbocycles.